The minimum Gasteiger partial charge on any atom is -0.333 e. The van der Waals surface area contributed by atoms with Crippen molar-refractivity contribution in [2.24, 2.45) is 0 Å². The zero-order chi connectivity index (χ0) is 15.0. The van der Waals surface area contributed by atoms with E-state index in [1.807, 2.05) is 25.1 Å². The van der Waals surface area contributed by atoms with E-state index in [2.05, 4.69) is 32.7 Å². The van der Waals surface area contributed by atoms with Crippen LogP contribution in [0.15, 0.2) is 22.7 Å². The van der Waals surface area contributed by atoms with Crippen LogP contribution in [0.1, 0.15) is 42.1 Å². The first kappa shape index (κ1) is 15.0. The number of piperidine rings is 1. The van der Waals surface area contributed by atoms with Gasteiger partial charge in [-0.2, -0.15) is 0 Å². The average Bonchev–Trinajstić information content (AvgIpc) is 2.48. The number of nitrogens with zero attached hydrogens (tertiary/aromatic N) is 2. The fourth-order valence-corrected chi connectivity index (χ4v) is 3.98. The molecule has 3 rings (SSSR count). The molecule has 0 N–H and O–H groups in total. The molecule has 0 saturated carbocycles. The molecule has 4 heteroatoms. The molecule has 3 nitrogen and oxygen atoms in total. The molecule has 0 aliphatic carbocycles. The van der Waals surface area contributed by atoms with Crippen molar-refractivity contribution in [2.45, 2.75) is 45.2 Å². The van der Waals surface area contributed by atoms with Gasteiger partial charge in [0.15, 0.2) is 0 Å². The molecule has 2 heterocycles. The predicted molar refractivity (Wildman–Crippen MR) is 88.6 cm³/mol. The summed E-state index contributed by atoms with van der Waals surface area (Å²) < 4.78 is 0.973. The standard InChI is InChI=1S/C17H23BrN2O/c1-12-6-7-14(18)9-16(12)17(21)20-11-15-5-3-4-8-19(15)10-13(20)2/h6-7,9,13,15H,3-5,8,10-11H2,1-2H3. The molecule has 2 unspecified atom stereocenters. The van der Waals surface area contributed by atoms with Crippen LogP contribution in [0.5, 0.6) is 0 Å². The second-order valence-electron chi connectivity index (χ2n) is 6.41. The van der Waals surface area contributed by atoms with E-state index in [1.54, 1.807) is 0 Å². The number of carbonyl (C=O) groups is 1. The maximum Gasteiger partial charge on any atom is 0.254 e. The Balaban J connectivity index is 1.82. The summed E-state index contributed by atoms with van der Waals surface area (Å²) in [6.07, 6.45) is 3.84. The lowest BCUT2D eigenvalue weighted by molar-refractivity contribution is 0.0151. The molecule has 0 spiro atoms. The third-order valence-corrected chi connectivity index (χ3v) is 5.37. The molecule has 21 heavy (non-hydrogen) atoms. The lowest BCUT2D eigenvalue weighted by Gasteiger charge is -2.47. The van der Waals surface area contributed by atoms with E-state index in [1.165, 1.54) is 25.8 Å². The second-order valence-corrected chi connectivity index (χ2v) is 7.33. The summed E-state index contributed by atoms with van der Waals surface area (Å²) in [5.41, 5.74) is 1.89. The molecule has 1 aromatic rings. The second kappa shape index (κ2) is 6.09. The number of hydrogen-bond acceptors (Lipinski definition) is 2. The Hall–Kier alpha value is -0.870. The maximum absolute atomic E-state index is 12.9. The molecular weight excluding hydrogens is 328 g/mol. The first-order valence-electron chi connectivity index (χ1n) is 7.87. The third kappa shape index (κ3) is 3.02. The normalized spacial score (nSPS) is 26.5. The van der Waals surface area contributed by atoms with Crippen LogP contribution < -0.4 is 0 Å². The molecule has 1 amide bonds. The number of piperazine rings is 1. The first-order valence-corrected chi connectivity index (χ1v) is 8.66. The van der Waals surface area contributed by atoms with E-state index in [4.69, 9.17) is 0 Å². The van der Waals surface area contributed by atoms with Gasteiger partial charge >= 0.3 is 0 Å². The van der Waals surface area contributed by atoms with Crippen LogP contribution in [0.4, 0.5) is 0 Å². The number of hydrogen-bond donors (Lipinski definition) is 0. The van der Waals surface area contributed by atoms with Crippen molar-refractivity contribution in [1.82, 2.24) is 9.80 Å². The van der Waals surface area contributed by atoms with E-state index in [0.29, 0.717) is 12.1 Å². The lowest BCUT2D eigenvalue weighted by Crippen LogP contribution is -2.60. The van der Waals surface area contributed by atoms with Gasteiger partial charge in [0.25, 0.3) is 5.91 Å². The van der Waals surface area contributed by atoms with Crippen molar-refractivity contribution in [3.05, 3.63) is 33.8 Å². The lowest BCUT2D eigenvalue weighted by atomic mass is 9.96. The van der Waals surface area contributed by atoms with Crippen LogP contribution in [0.25, 0.3) is 0 Å². The molecule has 2 atom stereocenters. The van der Waals surface area contributed by atoms with Gasteiger partial charge in [-0.25, -0.2) is 0 Å². The monoisotopic (exact) mass is 350 g/mol. The van der Waals surface area contributed by atoms with Crippen LogP contribution >= 0.6 is 15.9 Å². The summed E-state index contributed by atoms with van der Waals surface area (Å²) in [7, 11) is 0. The van der Waals surface area contributed by atoms with E-state index in [9.17, 15) is 4.79 Å². The Labute approximate surface area is 135 Å². The largest absolute Gasteiger partial charge is 0.333 e. The maximum atomic E-state index is 12.9. The van der Waals surface area contributed by atoms with E-state index in [0.717, 1.165) is 28.7 Å². The highest BCUT2D eigenvalue weighted by atomic mass is 79.9. The van der Waals surface area contributed by atoms with Gasteiger partial charge in [0.05, 0.1) is 0 Å². The Morgan fingerprint density at radius 3 is 2.90 bits per heavy atom. The molecule has 0 radical (unpaired) electrons. The number of fused-ring (bicyclic) bond motifs is 1. The number of amides is 1. The van der Waals surface area contributed by atoms with Gasteiger partial charge < -0.3 is 4.90 Å². The molecule has 2 aliphatic heterocycles. The first-order chi connectivity index (χ1) is 10.1. The van der Waals surface area contributed by atoms with Crippen LogP contribution in [0, 0.1) is 6.92 Å². The average molecular weight is 351 g/mol. The summed E-state index contributed by atoms with van der Waals surface area (Å²) in [4.78, 5) is 17.6. The molecule has 1 aromatic carbocycles. The number of benzene rings is 1. The summed E-state index contributed by atoms with van der Waals surface area (Å²) >= 11 is 3.48. The van der Waals surface area contributed by atoms with E-state index >= 15 is 0 Å². The summed E-state index contributed by atoms with van der Waals surface area (Å²) in [5.74, 6) is 0.187. The number of rotatable bonds is 1. The topological polar surface area (TPSA) is 23.6 Å². The molecule has 2 fully saturated rings. The van der Waals surface area contributed by atoms with Gasteiger partial charge in [-0.3, -0.25) is 9.69 Å². The van der Waals surface area contributed by atoms with Crippen LogP contribution in [-0.4, -0.2) is 47.4 Å². The van der Waals surface area contributed by atoms with Gasteiger partial charge in [0, 0.05) is 35.2 Å². The minimum atomic E-state index is 0.187. The summed E-state index contributed by atoms with van der Waals surface area (Å²) in [6, 6.07) is 6.82. The van der Waals surface area contributed by atoms with Crippen LogP contribution in [0.2, 0.25) is 0 Å². The van der Waals surface area contributed by atoms with E-state index < -0.39 is 0 Å². The zero-order valence-corrected chi connectivity index (χ0v) is 14.4. The van der Waals surface area contributed by atoms with Crippen LogP contribution in [0.3, 0.4) is 0 Å². The van der Waals surface area contributed by atoms with Crippen molar-refractivity contribution < 1.29 is 4.79 Å². The van der Waals surface area contributed by atoms with Crippen molar-refractivity contribution >= 4 is 21.8 Å². The molecule has 2 aliphatic rings. The number of carbonyl (C=O) groups excluding carboxylic acids is 1. The Kier molecular flexibility index (Phi) is 4.36. The summed E-state index contributed by atoms with van der Waals surface area (Å²) in [5, 5.41) is 0. The smallest absolute Gasteiger partial charge is 0.254 e. The van der Waals surface area contributed by atoms with Gasteiger partial charge in [-0.05, 0) is 50.9 Å². The quantitative estimate of drug-likeness (QED) is 0.774. The summed E-state index contributed by atoms with van der Waals surface area (Å²) in [6.45, 7) is 7.29. The van der Waals surface area contributed by atoms with Crippen molar-refractivity contribution in [3.8, 4) is 0 Å². The number of halogens is 1. The molecular formula is C17H23BrN2O. The van der Waals surface area contributed by atoms with Gasteiger partial charge in [-0.15, -0.1) is 0 Å². The predicted octanol–water partition coefficient (Wildman–Crippen LogP) is 3.46. The molecule has 0 aromatic heterocycles. The highest BCUT2D eigenvalue weighted by Gasteiger charge is 2.35. The Morgan fingerprint density at radius 1 is 1.29 bits per heavy atom. The Morgan fingerprint density at radius 2 is 2.10 bits per heavy atom. The fraction of sp³-hybridized carbons (Fsp3) is 0.588. The fourth-order valence-electron chi connectivity index (χ4n) is 3.61. The van der Waals surface area contributed by atoms with Crippen molar-refractivity contribution in [3.63, 3.8) is 0 Å². The molecule has 2 saturated heterocycles. The van der Waals surface area contributed by atoms with Gasteiger partial charge in [-0.1, -0.05) is 28.4 Å². The number of aryl methyl sites for hydroxylation is 1. The zero-order valence-electron chi connectivity index (χ0n) is 12.8. The van der Waals surface area contributed by atoms with Crippen LogP contribution in [-0.2, 0) is 0 Å². The third-order valence-electron chi connectivity index (χ3n) is 4.88. The van der Waals surface area contributed by atoms with Crippen molar-refractivity contribution in [1.29, 1.82) is 0 Å². The minimum absolute atomic E-state index is 0.187. The SMILES string of the molecule is Cc1ccc(Br)cc1C(=O)N1CC2CCCCN2CC1C. The molecule has 114 valence electrons. The Bertz CT molecular complexity index is 546. The van der Waals surface area contributed by atoms with Crippen molar-refractivity contribution in [2.75, 3.05) is 19.6 Å². The highest BCUT2D eigenvalue weighted by molar-refractivity contribution is 9.10. The van der Waals surface area contributed by atoms with E-state index in [-0.39, 0.29) is 5.91 Å². The van der Waals surface area contributed by atoms with Gasteiger partial charge in [0.1, 0.15) is 0 Å². The van der Waals surface area contributed by atoms with Gasteiger partial charge in [0.2, 0.25) is 0 Å². The molecule has 0 bridgehead atoms. The highest BCUT2D eigenvalue weighted by Crippen LogP contribution is 2.26.